The Bertz CT molecular complexity index is 1400. The molecule has 208 valence electrons. The van der Waals surface area contributed by atoms with E-state index >= 15 is 0 Å². The fourth-order valence-corrected chi connectivity index (χ4v) is 5.89. The minimum atomic E-state index is -4.14. The Morgan fingerprint density at radius 1 is 0.974 bits per heavy atom. The summed E-state index contributed by atoms with van der Waals surface area (Å²) in [5.74, 6) is -0.797. The van der Waals surface area contributed by atoms with Gasteiger partial charge in [-0.15, -0.1) is 0 Å². The summed E-state index contributed by atoms with van der Waals surface area (Å²) < 4.78 is 28.8. The van der Waals surface area contributed by atoms with Gasteiger partial charge >= 0.3 is 0 Å². The van der Waals surface area contributed by atoms with Crippen LogP contribution >= 0.6 is 11.6 Å². The van der Waals surface area contributed by atoms with Crippen molar-refractivity contribution in [1.29, 1.82) is 0 Å². The van der Waals surface area contributed by atoms with E-state index in [1.165, 1.54) is 17.0 Å². The summed E-state index contributed by atoms with van der Waals surface area (Å²) in [6, 6.07) is 19.7. The van der Waals surface area contributed by atoms with E-state index in [0.717, 1.165) is 28.3 Å². The van der Waals surface area contributed by atoms with Gasteiger partial charge in [0.05, 0.1) is 10.6 Å². The lowest BCUT2D eigenvalue weighted by molar-refractivity contribution is -0.139. The standard InChI is InChI=1S/C30H36ClN3O4S/c1-5-6-18-32-30(36)24(4)33(20-25-13-10-12-22(2)19-25)29(35)21-34(28-17-11-16-27(31)23(28)3)39(37,38)26-14-8-7-9-15-26/h7-17,19,24H,5-6,18,20-21H2,1-4H3,(H,32,36). The van der Waals surface area contributed by atoms with Crippen LogP contribution in [0, 0.1) is 13.8 Å². The number of carbonyl (C=O) groups is 2. The lowest BCUT2D eigenvalue weighted by Crippen LogP contribution is -2.51. The van der Waals surface area contributed by atoms with Crippen molar-refractivity contribution >= 4 is 39.1 Å². The van der Waals surface area contributed by atoms with E-state index in [9.17, 15) is 18.0 Å². The van der Waals surface area contributed by atoms with Crippen molar-refractivity contribution in [3.8, 4) is 0 Å². The highest BCUT2D eigenvalue weighted by atomic mass is 35.5. The monoisotopic (exact) mass is 569 g/mol. The first-order valence-corrected chi connectivity index (χ1v) is 14.8. The normalized spacial score (nSPS) is 12.0. The fourth-order valence-electron chi connectivity index (χ4n) is 4.23. The Balaban J connectivity index is 2.03. The molecule has 0 spiro atoms. The van der Waals surface area contributed by atoms with Crippen LogP contribution in [0.2, 0.25) is 5.02 Å². The molecule has 9 heteroatoms. The van der Waals surface area contributed by atoms with E-state index in [4.69, 9.17) is 11.6 Å². The molecule has 3 aromatic rings. The number of hydrogen-bond donors (Lipinski definition) is 1. The van der Waals surface area contributed by atoms with E-state index in [-0.39, 0.29) is 17.3 Å². The summed E-state index contributed by atoms with van der Waals surface area (Å²) in [5, 5.41) is 3.27. The zero-order valence-electron chi connectivity index (χ0n) is 22.9. The summed E-state index contributed by atoms with van der Waals surface area (Å²) in [5.41, 5.74) is 2.69. The molecular formula is C30H36ClN3O4S. The van der Waals surface area contributed by atoms with E-state index in [0.29, 0.717) is 22.8 Å². The van der Waals surface area contributed by atoms with Gasteiger partial charge in [-0.3, -0.25) is 13.9 Å². The maximum Gasteiger partial charge on any atom is 0.264 e. The number of halogens is 1. The molecule has 0 aliphatic rings. The van der Waals surface area contributed by atoms with Crippen LogP contribution in [0.25, 0.3) is 0 Å². The SMILES string of the molecule is CCCCNC(=O)C(C)N(Cc1cccc(C)c1)C(=O)CN(c1cccc(Cl)c1C)S(=O)(=O)c1ccccc1. The predicted molar refractivity (Wildman–Crippen MR) is 156 cm³/mol. The summed E-state index contributed by atoms with van der Waals surface area (Å²) in [6.07, 6.45) is 1.74. The van der Waals surface area contributed by atoms with E-state index in [1.54, 1.807) is 50.2 Å². The number of nitrogens with zero attached hydrogens (tertiary/aromatic N) is 2. The molecule has 0 aromatic heterocycles. The number of rotatable bonds is 12. The number of anilines is 1. The van der Waals surface area contributed by atoms with Crippen molar-refractivity contribution in [1.82, 2.24) is 10.2 Å². The molecule has 3 rings (SSSR count). The van der Waals surface area contributed by atoms with E-state index in [2.05, 4.69) is 5.32 Å². The van der Waals surface area contributed by atoms with Crippen LogP contribution in [0.1, 0.15) is 43.4 Å². The third kappa shape index (κ3) is 7.61. The van der Waals surface area contributed by atoms with Gasteiger partial charge in [-0.05, 0) is 62.6 Å². The van der Waals surface area contributed by atoms with Gasteiger partial charge in [0.25, 0.3) is 10.0 Å². The highest BCUT2D eigenvalue weighted by molar-refractivity contribution is 7.92. The molecule has 0 aliphatic heterocycles. The number of amides is 2. The molecule has 0 saturated heterocycles. The summed E-state index contributed by atoms with van der Waals surface area (Å²) >= 11 is 6.36. The molecule has 2 amide bonds. The lowest BCUT2D eigenvalue weighted by atomic mass is 10.1. The number of aryl methyl sites for hydroxylation is 1. The topological polar surface area (TPSA) is 86.8 Å². The first-order valence-electron chi connectivity index (χ1n) is 13.0. The quantitative estimate of drug-likeness (QED) is 0.292. The Kier molecular flexibility index (Phi) is 10.5. The highest BCUT2D eigenvalue weighted by Gasteiger charge is 2.33. The van der Waals surface area contributed by atoms with Gasteiger partial charge < -0.3 is 10.2 Å². The average molecular weight is 570 g/mol. The smallest absolute Gasteiger partial charge is 0.264 e. The molecule has 0 saturated carbocycles. The lowest BCUT2D eigenvalue weighted by Gasteiger charge is -2.32. The molecule has 0 radical (unpaired) electrons. The van der Waals surface area contributed by atoms with E-state index < -0.39 is 28.5 Å². The largest absolute Gasteiger partial charge is 0.354 e. The second-order valence-electron chi connectivity index (χ2n) is 9.54. The van der Waals surface area contributed by atoms with Gasteiger partial charge in [0.1, 0.15) is 12.6 Å². The average Bonchev–Trinajstić information content (AvgIpc) is 2.92. The Hall–Kier alpha value is -3.36. The Labute approximate surface area is 236 Å². The fraction of sp³-hybridized carbons (Fsp3) is 0.333. The number of benzene rings is 3. The van der Waals surface area contributed by atoms with Crippen molar-refractivity contribution in [2.75, 3.05) is 17.4 Å². The van der Waals surface area contributed by atoms with E-state index in [1.807, 2.05) is 38.1 Å². The molecule has 1 N–H and O–H groups in total. The van der Waals surface area contributed by atoms with Crippen molar-refractivity contribution in [2.45, 2.75) is 58.0 Å². The van der Waals surface area contributed by atoms with Gasteiger partial charge in [0.2, 0.25) is 11.8 Å². The van der Waals surface area contributed by atoms with Crippen LogP contribution in [0.5, 0.6) is 0 Å². The molecule has 39 heavy (non-hydrogen) atoms. The third-order valence-electron chi connectivity index (χ3n) is 6.55. The van der Waals surface area contributed by atoms with Gasteiger partial charge in [-0.25, -0.2) is 8.42 Å². The second-order valence-corrected chi connectivity index (χ2v) is 11.8. The van der Waals surface area contributed by atoms with Crippen molar-refractivity contribution in [2.24, 2.45) is 0 Å². The number of unbranched alkanes of at least 4 members (excludes halogenated alkanes) is 1. The minimum absolute atomic E-state index is 0.0489. The predicted octanol–water partition coefficient (Wildman–Crippen LogP) is 5.49. The minimum Gasteiger partial charge on any atom is -0.354 e. The number of nitrogens with one attached hydrogen (secondary N) is 1. The van der Waals surface area contributed by atoms with Crippen LogP contribution in [0.4, 0.5) is 5.69 Å². The zero-order chi connectivity index (χ0) is 28.6. The number of carbonyl (C=O) groups excluding carboxylic acids is 2. The van der Waals surface area contributed by atoms with Gasteiger partial charge in [-0.1, -0.05) is 79.0 Å². The molecule has 0 fully saturated rings. The van der Waals surface area contributed by atoms with Gasteiger partial charge in [0.15, 0.2) is 0 Å². The molecule has 0 bridgehead atoms. The van der Waals surface area contributed by atoms with Crippen LogP contribution in [0.15, 0.2) is 77.7 Å². The molecule has 1 atom stereocenters. The molecule has 0 aliphatic carbocycles. The summed E-state index contributed by atoms with van der Waals surface area (Å²) in [6.45, 7) is 7.50. The van der Waals surface area contributed by atoms with Crippen molar-refractivity contribution in [3.05, 3.63) is 94.5 Å². The first kappa shape index (κ1) is 30.2. The summed E-state index contributed by atoms with van der Waals surface area (Å²) in [4.78, 5) is 28.5. The van der Waals surface area contributed by atoms with Crippen molar-refractivity contribution in [3.63, 3.8) is 0 Å². The van der Waals surface area contributed by atoms with Crippen molar-refractivity contribution < 1.29 is 18.0 Å². The van der Waals surface area contributed by atoms with Crippen LogP contribution in [-0.2, 0) is 26.2 Å². The molecular weight excluding hydrogens is 534 g/mol. The zero-order valence-corrected chi connectivity index (χ0v) is 24.4. The Morgan fingerprint density at radius 2 is 1.67 bits per heavy atom. The van der Waals surface area contributed by atoms with Crippen LogP contribution < -0.4 is 9.62 Å². The van der Waals surface area contributed by atoms with Crippen LogP contribution in [-0.4, -0.2) is 44.3 Å². The van der Waals surface area contributed by atoms with Gasteiger partial charge in [0, 0.05) is 18.1 Å². The number of hydrogen-bond acceptors (Lipinski definition) is 4. The van der Waals surface area contributed by atoms with Gasteiger partial charge in [-0.2, -0.15) is 0 Å². The number of sulfonamides is 1. The maximum absolute atomic E-state index is 14.0. The molecule has 3 aromatic carbocycles. The first-order chi connectivity index (χ1) is 18.6. The second kappa shape index (κ2) is 13.6. The molecule has 7 nitrogen and oxygen atoms in total. The van der Waals surface area contributed by atoms with Crippen LogP contribution in [0.3, 0.4) is 0 Å². The molecule has 0 heterocycles. The molecule has 1 unspecified atom stereocenters. The maximum atomic E-state index is 14.0. The highest BCUT2D eigenvalue weighted by Crippen LogP contribution is 2.31. The Morgan fingerprint density at radius 3 is 2.33 bits per heavy atom. The third-order valence-corrected chi connectivity index (χ3v) is 8.73. The summed E-state index contributed by atoms with van der Waals surface area (Å²) in [7, 11) is -4.14.